The highest BCUT2D eigenvalue weighted by atomic mass is 35.5. The molecule has 25 heavy (non-hydrogen) atoms. The highest BCUT2D eigenvalue weighted by Crippen LogP contribution is 2.27. The van der Waals surface area contributed by atoms with Crippen LogP contribution in [0.1, 0.15) is 24.5 Å². The average Bonchev–Trinajstić information content (AvgIpc) is 2.53. The van der Waals surface area contributed by atoms with E-state index >= 15 is 0 Å². The van der Waals surface area contributed by atoms with Gasteiger partial charge < -0.3 is 10.2 Å². The SMILES string of the molecule is CC(=O)N(CCC(=O)Nc1ccc(C)cc1C)c1ccc(Cl)c(Cl)c1. The van der Waals surface area contributed by atoms with Crippen LogP contribution < -0.4 is 10.2 Å². The highest BCUT2D eigenvalue weighted by molar-refractivity contribution is 6.42. The van der Waals surface area contributed by atoms with Crippen LogP contribution in [0.2, 0.25) is 10.0 Å². The molecule has 0 saturated heterocycles. The van der Waals surface area contributed by atoms with Crippen molar-refractivity contribution in [3.8, 4) is 0 Å². The zero-order valence-corrected chi connectivity index (χ0v) is 15.9. The Morgan fingerprint density at radius 1 is 1.04 bits per heavy atom. The van der Waals surface area contributed by atoms with Gasteiger partial charge in [-0.3, -0.25) is 9.59 Å². The molecule has 0 aliphatic rings. The lowest BCUT2D eigenvalue weighted by Gasteiger charge is -2.21. The molecule has 0 fully saturated rings. The average molecular weight is 379 g/mol. The summed E-state index contributed by atoms with van der Waals surface area (Å²) >= 11 is 11.9. The van der Waals surface area contributed by atoms with Crippen LogP contribution in [0.25, 0.3) is 0 Å². The minimum atomic E-state index is -0.169. The number of halogens is 2. The number of hydrogen-bond acceptors (Lipinski definition) is 2. The highest BCUT2D eigenvalue weighted by Gasteiger charge is 2.15. The van der Waals surface area contributed by atoms with Crippen molar-refractivity contribution in [2.24, 2.45) is 0 Å². The molecule has 6 heteroatoms. The van der Waals surface area contributed by atoms with Gasteiger partial charge in [0.2, 0.25) is 11.8 Å². The number of benzene rings is 2. The Balaban J connectivity index is 2.04. The van der Waals surface area contributed by atoms with E-state index in [4.69, 9.17) is 23.2 Å². The van der Waals surface area contributed by atoms with E-state index in [1.165, 1.54) is 11.8 Å². The quantitative estimate of drug-likeness (QED) is 0.796. The number of amides is 2. The second kappa shape index (κ2) is 8.37. The summed E-state index contributed by atoms with van der Waals surface area (Å²) in [5.41, 5.74) is 3.53. The Hall–Kier alpha value is -2.04. The maximum absolute atomic E-state index is 12.2. The summed E-state index contributed by atoms with van der Waals surface area (Å²) < 4.78 is 0. The molecule has 0 aliphatic carbocycles. The second-order valence-corrected chi connectivity index (χ2v) is 6.70. The van der Waals surface area contributed by atoms with Crippen molar-refractivity contribution in [3.05, 3.63) is 57.6 Å². The number of anilines is 2. The minimum absolute atomic E-state index is 0.154. The molecule has 0 radical (unpaired) electrons. The standard InChI is InChI=1S/C19H20Cl2N2O2/c1-12-4-7-18(13(2)10-12)22-19(25)8-9-23(14(3)24)15-5-6-16(20)17(21)11-15/h4-7,10-11H,8-9H2,1-3H3,(H,22,25). The first-order valence-electron chi connectivity index (χ1n) is 7.88. The topological polar surface area (TPSA) is 49.4 Å². The molecule has 0 heterocycles. The van der Waals surface area contributed by atoms with E-state index in [-0.39, 0.29) is 24.8 Å². The molecule has 132 valence electrons. The predicted molar refractivity (Wildman–Crippen MR) is 104 cm³/mol. The first kappa shape index (κ1) is 19.3. The fourth-order valence-electron chi connectivity index (χ4n) is 2.50. The lowest BCUT2D eigenvalue weighted by Crippen LogP contribution is -2.32. The summed E-state index contributed by atoms with van der Waals surface area (Å²) in [5.74, 6) is -0.323. The monoisotopic (exact) mass is 378 g/mol. The lowest BCUT2D eigenvalue weighted by molar-refractivity contribution is -0.117. The van der Waals surface area contributed by atoms with Crippen LogP contribution in [-0.2, 0) is 9.59 Å². The van der Waals surface area contributed by atoms with E-state index < -0.39 is 0 Å². The van der Waals surface area contributed by atoms with Crippen molar-refractivity contribution >= 4 is 46.4 Å². The van der Waals surface area contributed by atoms with Crippen LogP contribution in [0.4, 0.5) is 11.4 Å². The first-order valence-corrected chi connectivity index (χ1v) is 8.64. The summed E-state index contributed by atoms with van der Waals surface area (Å²) in [6, 6.07) is 10.8. The molecule has 0 aromatic heterocycles. The van der Waals surface area contributed by atoms with Gasteiger partial charge in [-0.1, -0.05) is 40.9 Å². The minimum Gasteiger partial charge on any atom is -0.326 e. The molecule has 4 nitrogen and oxygen atoms in total. The van der Waals surface area contributed by atoms with Gasteiger partial charge in [-0.2, -0.15) is 0 Å². The van der Waals surface area contributed by atoms with Crippen molar-refractivity contribution in [3.63, 3.8) is 0 Å². The molecule has 0 aliphatic heterocycles. The van der Waals surface area contributed by atoms with E-state index in [2.05, 4.69) is 5.32 Å². The molecule has 2 aromatic rings. The maximum Gasteiger partial charge on any atom is 0.226 e. The third kappa shape index (κ3) is 5.21. The van der Waals surface area contributed by atoms with E-state index in [1.807, 2.05) is 32.0 Å². The van der Waals surface area contributed by atoms with Crippen LogP contribution in [0, 0.1) is 13.8 Å². The van der Waals surface area contributed by atoms with Gasteiger partial charge in [0.05, 0.1) is 10.0 Å². The van der Waals surface area contributed by atoms with E-state index in [9.17, 15) is 9.59 Å². The van der Waals surface area contributed by atoms with Crippen molar-refractivity contribution in [2.45, 2.75) is 27.2 Å². The Bertz CT molecular complexity index is 806. The van der Waals surface area contributed by atoms with Crippen molar-refractivity contribution in [1.82, 2.24) is 0 Å². The summed E-state index contributed by atoms with van der Waals surface area (Å²) in [7, 11) is 0. The van der Waals surface area contributed by atoms with Gasteiger partial charge in [0.1, 0.15) is 0 Å². The number of nitrogens with one attached hydrogen (secondary N) is 1. The first-order chi connectivity index (χ1) is 11.8. The van der Waals surface area contributed by atoms with Crippen molar-refractivity contribution < 1.29 is 9.59 Å². The molecule has 2 amide bonds. The normalized spacial score (nSPS) is 10.4. The van der Waals surface area contributed by atoms with Gasteiger partial charge >= 0.3 is 0 Å². The predicted octanol–water partition coefficient (Wildman–Crippen LogP) is 4.99. The molecule has 0 bridgehead atoms. The van der Waals surface area contributed by atoms with Gasteiger partial charge in [0.15, 0.2) is 0 Å². The van der Waals surface area contributed by atoms with Crippen LogP contribution in [0.3, 0.4) is 0 Å². The molecular formula is C19H20Cl2N2O2. The maximum atomic E-state index is 12.2. The molecule has 2 rings (SSSR count). The molecule has 0 atom stereocenters. The van der Waals surface area contributed by atoms with E-state index in [1.54, 1.807) is 18.2 Å². The molecule has 2 aromatic carbocycles. The number of aryl methyl sites for hydroxylation is 2. The molecule has 0 saturated carbocycles. The Morgan fingerprint density at radius 3 is 2.36 bits per heavy atom. The van der Waals surface area contributed by atoms with E-state index in [0.29, 0.717) is 15.7 Å². The number of carbonyl (C=O) groups is 2. The van der Waals surface area contributed by atoms with Gasteiger partial charge in [0.25, 0.3) is 0 Å². The van der Waals surface area contributed by atoms with Crippen molar-refractivity contribution in [1.29, 1.82) is 0 Å². The third-order valence-electron chi connectivity index (χ3n) is 3.81. The second-order valence-electron chi connectivity index (χ2n) is 5.89. The summed E-state index contributed by atoms with van der Waals surface area (Å²) in [5, 5.41) is 3.66. The number of nitrogens with zero attached hydrogens (tertiary/aromatic N) is 1. The number of carbonyl (C=O) groups excluding carboxylic acids is 2. The van der Waals surface area contributed by atoms with Crippen LogP contribution in [0.5, 0.6) is 0 Å². The Labute approximate surface area is 157 Å². The van der Waals surface area contributed by atoms with Crippen LogP contribution in [-0.4, -0.2) is 18.4 Å². The summed E-state index contributed by atoms with van der Waals surface area (Å²) in [6.45, 7) is 5.65. The van der Waals surface area contributed by atoms with Gasteiger partial charge in [-0.15, -0.1) is 0 Å². The molecule has 1 N–H and O–H groups in total. The van der Waals surface area contributed by atoms with Gasteiger partial charge in [-0.25, -0.2) is 0 Å². The summed E-state index contributed by atoms with van der Waals surface area (Å²) in [6.07, 6.45) is 0.174. The third-order valence-corrected chi connectivity index (χ3v) is 4.55. The fourth-order valence-corrected chi connectivity index (χ4v) is 2.79. The fraction of sp³-hybridized carbons (Fsp3) is 0.263. The lowest BCUT2D eigenvalue weighted by atomic mass is 10.1. The number of rotatable bonds is 5. The summed E-state index contributed by atoms with van der Waals surface area (Å²) in [4.78, 5) is 25.7. The van der Waals surface area contributed by atoms with Crippen LogP contribution >= 0.6 is 23.2 Å². The molecule has 0 spiro atoms. The van der Waals surface area contributed by atoms with E-state index in [0.717, 1.165) is 16.8 Å². The largest absolute Gasteiger partial charge is 0.326 e. The van der Waals surface area contributed by atoms with Gasteiger partial charge in [0, 0.05) is 31.3 Å². The zero-order valence-electron chi connectivity index (χ0n) is 14.4. The zero-order chi connectivity index (χ0) is 18.6. The van der Waals surface area contributed by atoms with Crippen LogP contribution in [0.15, 0.2) is 36.4 Å². The van der Waals surface area contributed by atoms with Gasteiger partial charge in [-0.05, 0) is 43.7 Å². The Kier molecular flexibility index (Phi) is 6.45. The van der Waals surface area contributed by atoms with Crippen molar-refractivity contribution in [2.75, 3.05) is 16.8 Å². The molecule has 0 unspecified atom stereocenters. The Morgan fingerprint density at radius 2 is 1.76 bits per heavy atom. The smallest absolute Gasteiger partial charge is 0.226 e. The molecular weight excluding hydrogens is 359 g/mol. The number of hydrogen-bond donors (Lipinski definition) is 1.